The van der Waals surface area contributed by atoms with Gasteiger partial charge >= 0.3 is 6.18 Å². The molecule has 1 aromatic carbocycles. The first kappa shape index (κ1) is 15.5. The summed E-state index contributed by atoms with van der Waals surface area (Å²) in [5, 5.41) is 1.94. The molecule has 22 heavy (non-hydrogen) atoms. The molecule has 2 heterocycles. The molecule has 1 saturated heterocycles. The van der Waals surface area contributed by atoms with Gasteiger partial charge < -0.3 is 14.2 Å². The molecule has 1 fully saturated rings. The molecule has 120 valence electrons. The van der Waals surface area contributed by atoms with E-state index in [1.54, 1.807) is 12.1 Å². The summed E-state index contributed by atoms with van der Waals surface area (Å²) in [7, 11) is 1.51. The lowest BCUT2D eigenvalue weighted by Crippen LogP contribution is -2.29. The molecule has 1 atom stereocenters. The minimum atomic E-state index is -4.37. The van der Waals surface area contributed by atoms with Gasteiger partial charge in [0.25, 0.3) is 0 Å². The van der Waals surface area contributed by atoms with Crippen molar-refractivity contribution in [3.8, 4) is 11.5 Å². The maximum atomic E-state index is 12.3. The summed E-state index contributed by atoms with van der Waals surface area (Å²) in [6, 6.07) is 4.61. The van der Waals surface area contributed by atoms with E-state index in [2.05, 4.69) is 0 Å². The van der Waals surface area contributed by atoms with E-state index in [4.69, 9.17) is 14.2 Å². The first-order chi connectivity index (χ1) is 10.4. The fraction of sp³-hybridized carbons (Fsp3) is 0.429. The van der Waals surface area contributed by atoms with E-state index in [9.17, 15) is 13.2 Å². The van der Waals surface area contributed by atoms with Gasteiger partial charge in [0.15, 0.2) is 12.3 Å². The molecule has 1 aromatic rings. The van der Waals surface area contributed by atoms with Crippen molar-refractivity contribution in [2.75, 3.05) is 26.9 Å². The average molecular weight is 333 g/mol. The monoisotopic (exact) mass is 333 g/mol. The summed E-state index contributed by atoms with van der Waals surface area (Å²) in [6.45, 7) is -0.172. The first-order valence-corrected chi connectivity index (χ1v) is 7.40. The lowest BCUT2D eigenvalue weighted by Gasteiger charge is -2.25. The Hall–Kier alpha value is -1.38. The molecule has 1 unspecified atom stereocenters. The normalized spacial score (nSPS) is 24.5. The van der Waals surface area contributed by atoms with Crippen LogP contribution in [0.15, 0.2) is 29.7 Å². The van der Waals surface area contributed by atoms with Crippen LogP contribution in [0, 0.1) is 0 Å². The minimum absolute atomic E-state index is 0.139. The third kappa shape index (κ3) is 3.04. The van der Waals surface area contributed by atoms with Crippen LogP contribution in [0.1, 0.15) is 5.56 Å². The van der Waals surface area contributed by atoms with Crippen LogP contribution in [-0.4, -0.2) is 37.3 Å². The van der Waals surface area contributed by atoms with Gasteiger partial charge in [-0.25, -0.2) is 4.31 Å². The van der Waals surface area contributed by atoms with E-state index in [-0.39, 0.29) is 5.75 Å². The fourth-order valence-corrected chi connectivity index (χ4v) is 3.15. The van der Waals surface area contributed by atoms with Crippen LogP contribution >= 0.6 is 11.9 Å². The van der Waals surface area contributed by atoms with Crippen molar-refractivity contribution in [3.63, 3.8) is 0 Å². The highest BCUT2D eigenvalue weighted by Gasteiger charge is 2.54. The Morgan fingerprint density at radius 1 is 1.41 bits per heavy atom. The molecular formula is C14H14F3NO3S. The maximum Gasteiger partial charge on any atom is 0.422 e. The molecule has 8 heteroatoms. The average Bonchev–Trinajstić information content (AvgIpc) is 3.10. The van der Waals surface area contributed by atoms with Crippen LogP contribution in [0.5, 0.6) is 11.5 Å². The highest BCUT2D eigenvalue weighted by molar-refractivity contribution is 8.00. The number of hydrogen-bond donors (Lipinski definition) is 0. The number of rotatable bonds is 5. The Bertz CT molecular complexity index is 579. The van der Waals surface area contributed by atoms with Gasteiger partial charge in [0.05, 0.1) is 13.7 Å². The fourth-order valence-electron chi connectivity index (χ4n) is 2.28. The zero-order chi connectivity index (χ0) is 15.8. The third-order valence-electron chi connectivity index (χ3n) is 3.37. The molecule has 0 amide bonds. The lowest BCUT2D eigenvalue weighted by molar-refractivity contribution is -0.153. The van der Waals surface area contributed by atoms with Crippen molar-refractivity contribution in [2.45, 2.75) is 11.9 Å². The summed E-state index contributed by atoms with van der Waals surface area (Å²) in [6.07, 6.45) is -2.38. The largest absolute Gasteiger partial charge is 0.496 e. The molecular weight excluding hydrogens is 319 g/mol. The molecule has 0 N–H and O–H groups in total. The number of hydrogen-bond acceptors (Lipinski definition) is 5. The molecule has 2 aliphatic rings. The second-order valence-electron chi connectivity index (χ2n) is 4.88. The Balaban J connectivity index is 1.85. The zero-order valence-corrected chi connectivity index (χ0v) is 12.5. The lowest BCUT2D eigenvalue weighted by atomic mass is 10.1. The minimum Gasteiger partial charge on any atom is -0.496 e. The summed E-state index contributed by atoms with van der Waals surface area (Å²) in [5.74, 6) is 0.699. The van der Waals surface area contributed by atoms with Crippen LogP contribution in [0.3, 0.4) is 0 Å². The van der Waals surface area contributed by atoms with Crippen molar-refractivity contribution in [2.24, 2.45) is 0 Å². The zero-order valence-electron chi connectivity index (χ0n) is 11.7. The van der Waals surface area contributed by atoms with E-state index >= 15 is 0 Å². The van der Waals surface area contributed by atoms with Crippen LogP contribution < -0.4 is 9.47 Å². The van der Waals surface area contributed by atoms with Gasteiger partial charge in [0.2, 0.25) is 0 Å². The molecule has 2 aliphatic heterocycles. The predicted octanol–water partition coefficient (Wildman–Crippen LogP) is 3.30. The number of epoxide rings is 1. The van der Waals surface area contributed by atoms with Crippen molar-refractivity contribution < 1.29 is 27.4 Å². The van der Waals surface area contributed by atoms with Crippen LogP contribution in [0.4, 0.5) is 13.2 Å². The molecule has 3 rings (SSSR count). The van der Waals surface area contributed by atoms with Crippen LogP contribution in [0.25, 0.3) is 0 Å². The van der Waals surface area contributed by atoms with E-state index in [0.717, 1.165) is 0 Å². The van der Waals surface area contributed by atoms with Gasteiger partial charge in [-0.1, -0.05) is 6.08 Å². The Labute approximate surface area is 130 Å². The van der Waals surface area contributed by atoms with Gasteiger partial charge in [-0.15, -0.1) is 0 Å². The number of alkyl halides is 3. The molecule has 0 radical (unpaired) electrons. The second-order valence-corrected chi connectivity index (χ2v) is 5.80. The quantitative estimate of drug-likeness (QED) is 0.610. The molecule has 0 aromatic heterocycles. The first-order valence-electron chi connectivity index (χ1n) is 6.56. The molecule has 0 aliphatic carbocycles. The van der Waals surface area contributed by atoms with Crippen molar-refractivity contribution in [3.05, 3.63) is 35.2 Å². The van der Waals surface area contributed by atoms with Crippen LogP contribution in [0.2, 0.25) is 0 Å². The van der Waals surface area contributed by atoms with Gasteiger partial charge in [0, 0.05) is 12.1 Å². The summed E-state index contributed by atoms with van der Waals surface area (Å²) in [4.78, 5) is 0. The second kappa shape index (κ2) is 5.68. The van der Waals surface area contributed by atoms with E-state index in [1.165, 1.54) is 25.1 Å². The number of ether oxygens (including phenoxy) is 3. The molecule has 0 bridgehead atoms. The van der Waals surface area contributed by atoms with Crippen molar-refractivity contribution in [1.29, 1.82) is 0 Å². The summed E-state index contributed by atoms with van der Waals surface area (Å²) in [5.41, 5.74) is 0.00257. The number of nitrogens with zero attached hydrogens (tertiary/aromatic N) is 1. The van der Waals surface area contributed by atoms with Crippen LogP contribution in [-0.2, 0) is 10.5 Å². The third-order valence-corrected chi connectivity index (χ3v) is 4.38. The summed E-state index contributed by atoms with van der Waals surface area (Å²) >= 11 is 1.50. The predicted molar refractivity (Wildman–Crippen MR) is 75.6 cm³/mol. The SMILES string of the molecule is COc1ccc(OCC(F)(F)F)cc1C1(N2CC=CS2)CO1. The standard InChI is InChI=1S/C14H14F3NO3S/c1-19-12-4-3-10(20-9-14(15,16)17)7-11(12)13(8-21-13)18-5-2-6-22-18/h2-4,6-7H,5,8-9H2,1H3. The van der Waals surface area contributed by atoms with E-state index in [1.807, 2.05) is 15.8 Å². The van der Waals surface area contributed by atoms with Crippen molar-refractivity contribution in [1.82, 2.24) is 4.31 Å². The smallest absolute Gasteiger partial charge is 0.422 e. The van der Waals surface area contributed by atoms with Gasteiger partial charge in [0.1, 0.15) is 11.5 Å². The van der Waals surface area contributed by atoms with Gasteiger partial charge in [-0.05, 0) is 35.6 Å². The summed E-state index contributed by atoms with van der Waals surface area (Å²) < 4.78 is 54.6. The Kier molecular flexibility index (Phi) is 4.00. The molecule has 4 nitrogen and oxygen atoms in total. The Morgan fingerprint density at radius 2 is 2.18 bits per heavy atom. The molecule has 0 spiro atoms. The van der Waals surface area contributed by atoms with Gasteiger partial charge in [-0.2, -0.15) is 13.2 Å². The highest BCUT2D eigenvalue weighted by atomic mass is 32.2. The van der Waals surface area contributed by atoms with E-state index < -0.39 is 18.5 Å². The highest BCUT2D eigenvalue weighted by Crippen LogP contribution is 2.51. The number of benzene rings is 1. The molecule has 0 saturated carbocycles. The Morgan fingerprint density at radius 3 is 2.73 bits per heavy atom. The topological polar surface area (TPSA) is 34.2 Å². The van der Waals surface area contributed by atoms with Crippen molar-refractivity contribution >= 4 is 11.9 Å². The number of methoxy groups -OCH3 is 1. The maximum absolute atomic E-state index is 12.3. The van der Waals surface area contributed by atoms with E-state index in [0.29, 0.717) is 24.5 Å². The van der Waals surface area contributed by atoms with Gasteiger partial charge in [-0.3, -0.25) is 0 Å². The number of halogens is 3.